The minimum atomic E-state index is -0.287. The van der Waals surface area contributed by atoms with Crippen LogP contribution >= 0.6 is 11.6 Å². The first-order chi connectivity index (χ1) is 9.19. The summed E-state index contributed by atoms with van der Waals surface area (Å²) in [5.41, 5.74) is 0.235. The zero-order chi connectivity index (χ0) is 14.1. The van der Waals surface area contributed by atoms with Crippen molar-refractivity contribution in [1.82, 2.24) is 10.3 Å². The van der Waals surface area contributed by atoms with Crippen LogP contribution in [0.3, 0.4) is 0 Å². The lowest BCUT2D eigenvalue weighted by Gasteiger charge is -2.09. The first kappa shape index (κ1) is 15.7. The fourth-order valence-corrected chi connectivity index (χ4v) is 1.61. The Hall–Kier alpha value is -1.33. The molecule has 19 heavy (non-hydrogen) atoms. The lowest BCUT2D eigenvalue weighted by Crippen LogP contribution is -2.28. The van der Waals surface area contributed by atoms with E-state index in [-0.39, 0.29) is 11.6 Å². The van der Waals surface area contributed by atoms with Crippen LogP contribution in [0.25, 0.3) is 0 Å². The van der Waals surface area contributed by atoms with Gasteiger partial charge in [-0.1, -0.05) is 18.5 Å². The molecule has 0 aliphatic rings. The molecule has 0 aliphatic heterocycles. The third kappa shape index (κ3) is 5.44. The lowest BCUT2D eigenvalue weighted by atomic mass is 10.3. The number of aromatic nitrogens is 1. The van der Waals surface area contributed by atoms with Gasteiger partial charge in [0.2, 0.25) is 0 Å². The summed E-state index contributed by atoms with van der Waals surface area (Å²) in [5, 5.41) is 6.18. The van der Waals surface area contributed by atoms with Gasteiger partial charge < -0.3 is 15.4 Å². The molecule has 5 nitrogen and oxygen atoms in total. The monoisotopic (exact) mass is 285 g/mol. The number of amides is 1. The number of ether oxygens (including phenoxy) is 1. The number of pyridine rings is 1. The van der Waals surface area contributed by atoms with Crippen LogP contribution in [-0.2, 0) is 4.74 Å². The molecule has 0 saturated carbocycles. The normalized spacial score (nSPS) is 10.3. The molecule has 6 heteroatoms. The van der Waals surface area contributed by atoms with Gasteiger partial charge in [-0.05, 0) is 25.5 Å². The second kappa shape index (κ2) is 8.72. The highest BCUT2D eigenvalue weighted by molar-refractivity contribution is 6.33. The third-order valence-corrected chi connectivity index (χ3v) is 2.66. The molecule has 0 aromatic carbocycles. The van der Waals surface area contributed by atoms with Crippen LogP contribution < -0.4 is 10.6 Å². The Kier molecular flexibility index (Phi) is 7.22. The van der Waals surface area contributed by atoms with Gasteiger partial charge in [0.15, 0.2) is 0 Å². The van der Waals surface area contributed by atoms with Gasteiger partial charge in [-0.25, -0.2) is 4.98 Å². The van der Waals surface area contributed by atoms with Crippen molar-refractivity contribution in [2.24, 2.45) is 0 Å². The van der Waals surface area contributed by atoms with Crippen LogP contribution in [0.2, 0.25) is 5.02 Å². The molecule has 1 heterocycles. The molecule has 0 spiro atoms. The van der Waals surface area contributed by atoms with E-state index in [4.69, 9.17) is 16.3 Å². The first-order valence-corrected chi connectivity index (χ1v) is 6.83. The largest absolute Gasteiger partial charge is 0.380 e. The number of nitrogens with one attached hydrogen (secondary N) is 2. The van der Waals surface area contributed by atoms with E-state index in [9.17, 15) is 4.79 Å². The van der Waals surface area contributed by atoms with Gasteiger partial charge in [-0.15, -0.1) is 0 Å². The fourth-order valence-electron chi connectivity index (χ4n) is 1.42. The maximum Gasteiger partial charge on any atom is 0.271 e. The summed E-state index contributed by atoms with van der Waals surface area (Å²) < 4.78 is 5.15. The summed E-state index contributed by atoms with van der Waals surface area (Å²) in [7, 11) is 0. The topological polar surface area (TPSA) is 63.2 Å². The van der Waals surface area contributed by atoms with Gasteiger partial charge in [-0.2, -0.15) is 0 Å². The van der Waals surface area contributed by atoms with Crippen molar-refractivity contribution in [2.45, 2.75) is 20.3 Å². The van der Waals surface area contributed by atoms with E-state index in [1.54, 1.807) is 12.1 Å². The van der Waals surface area contributed by atoms with E-state index >= 15 is 0 Å². The van der Waals surface area contributed by atoms with Gasteiger partial charge in [-0.3, -0.25) is 4.79 Å². The number of nitrogens with zero attached hydrogens (tertiary/aromatic N) is 1. The molecular weight excluding hydrogens is 266 g/mol. The summed E-state index contributed by atoms with van der Waals surface area (Å²) >= 11 is 5.98. The number of halogens is 1. The SMILES string of the molecule is CCCNc1ccc(Cl)c(C(=O)NCCOCC)n1. The number of carbonyl (C=O) groups excluding carboxylic acids is 1. The molecule has 1 amide bonds. The van der Waals surface area contributed by atoms with Gasteiger partial charge in [0, 0.05) is 19.7 Å². The number of anilines is 1. The Labute approximate surface area is 118 Å². The average Bonchev–Trinajstić information content (AvgIpc) is 2.42. The minimum Gasteiger partial charge on any atom is -0.380 e. The molecule has 0 unspecified atom stereocenters. The van der Waals surface area contributed by atoms with Gasteiger partial charge in [0.1, 0.15) is 11.5 Å². The highest BCUT2D eigenvalue weighted by Gasteiger charge is 2.12. The second-order valence-corrected chi connectivity index (χ2v) is 4.31. The Morgan fingerprint density at radius 1 is 1.37 bits per heavy atom. The molecule has 0 atom stereocenters. The predicted molar refractivity (Wildman–Crippen MR) is 76.9 cm³/mol. The molecule has 0 radical (unpaired) electrons. The van der Waals surface area contributed by atoms with Crippen LogP contribution in [0.4, 0.5) is 5.82 Å². The molecule has 0 saturated heterocycles. The van der Waals surface area contributed by atoms with Crippen molar-refractivity contribution in [3.8, 4) is 0 Å². The number of rotatable bonds is 8. The van der Waals surface area contributed by atoms with Crippen LogP contribution in [0.15, 0.2) is 12.1 Å². The molecule has 0 aliphatic carbocycles. The number of hydrogen-bond donors (Lipinski definition) is 2. The van der Waals surface area contributed by atoms with E-state index in [2.05, 4.69) is 22.5 Å². The van der Waals surface area contributed by atoms with E-state index in [1.807, 2.05) is 6.92 Å². The standard InChI is InChI=1S/C13H20ClN3O2/c1-3-7-15-11-6-5-10(14)12(17-11)13(18)16-8-9-19-4-2/h5-6H,3-4,7-9H2,1-2H3,(H,15,17)(H,16,18). The molecule has 0 fully saturated rings. The van der Waals surface area contributed by atoms with E-state index in [1.165, 1.54) is 0 Å². The van der Waals surface area contributed by atoms with Crippen LogP contribution in [0.5, 0.6) is 0 Å². The van der Waals surface area contributed by atoms with E-state index in [0.717, 1.165) is 13.0 Å². The Balaban J connectivity index is 2.61. The van der Waals surface area contributed by atoms with Crippen molar-refractivity contribution in [1.29, 1.82) is 0 Å². The van der Waals surface area contributed by atoms with Crippen molar-refractivity contribution in [3.05, 3.63) is 22.8 Å². The van der Waals surface area contributed by atoms with Crippen LogP contribution in [0, 0.1) is 0 Å². The van der Waals surface area contributed by atoms with Gasteiger partial charge in [0.25, 0.3) is 5.91 Å². The Morgan fingerprint density at radius 2 is 2.16 bits per heavy atom. The number of carbonyl (C=O) groups is 1. The molecule has 1 aromatic heterocycles. The highest BCUT2D eigenvalue weighted by atomic mass is 35.5. The summed E-state index contributed by atoms with van der Waals surface area (Å²) in [6.07, 6.45) is 0.986. The quantitative estimate of drug-likeness (QED) is 0.720. The summed E-state index contributed by atoms with van der Waals surface area (Å²) in [6.45, 7) is 6.32. The highest BCUT2D eigenvalue weighted by Crippen LogP contribution is 2.16. The molecule has 0 bridgehead atoms. The Morgan fingerprint density at radius 3 is 2.84 bits per heavy atom. The van der Waals surface area contributed by atoms with Crippen LogP contribution in [0.1, 0.15) is 30.8 Å². The first-order valence-electron chi connectivity index (χ1n) is 6.45. The fraction of sp³-hybridized carbons (Fsp3) is 0.538. The van der Waals surface area contributed by atoms with Gasteiger partial charge >= 0.3 is 0 Å². The number of hydrogen-bond acceptors (Lipinski definition) is 4. The molecule has 106 valence electrons. The third-order valence-electron chi connectivity index (χ3n) is 2.35. The molecule has 2 N–H and O–H groups in total. The van der Waals surface area contributed by atoms with Crippen molar-refractivity contribution in [2.75, 3.05) is 31.6 Å². The average molecular weight is 286 g/mol. The van der Waals surface area contributed by atoms with Crippen molar-refractivity contribution < 1.29 is 9.53 Å². The smallest absolute Gasteiger partial charge is 0.271 e. The Bertz CT molecular complexity index is 413. The van der Waals surface area contributed by atoms with E-state index < -0.39 is 0 Å². The second-order valence-electron chi connectivity index (χ2n) is 3.91. The molecule has 1 rings (SSSR count). The maximum atomic E-state index is 11.9. The van der Waals surface area contributed by atoms with Crippen molar-refractivity contribution >= 4 is 23.3 Å². The predicted octanol–water partition coefficient (Wildman–Crippen LogP) is 2.32. The molecular formula is C13H20ClN3O2. The molecule has 1 aromatic rings. The van der Waals surface area contributed by atoms with Crippen molar-refractivity contribution in [3.63, 3.8) is 0 Å². The van der Waals surface area contributed by atoms with Crippen LogP contribution in [-0.4, -0.2) is 37.2 Å². The minimum absolute atomic E-state index is 0.235. The maximum absolute atomic E-state index is 11.9. The zero-order valence-electron chi connectivity index (χ0n) is 11.3. The summed E-state index contributed by atoms with van der Waals surface area (Å²) in [4.78, 5) is 16.1. The van der Waals surface area contributed by atoms with E-state index in [0.29, 0.717) is 30.6 Å². The van der Waals surface area contributed by atoms with Gasteiger partial charge in [0.05, 0.1) is 11.6 Å². The zero-order valence-corrected chi connectivity index (χ0v) is 12.1. The summed E-state index contributed by atoms with van der Waals surface area (Å²) in [5.74, 6) is 0.367. The lowest BCUT2D eigenvalue weighted by molar-refractivity contribution is 0.0918. The summed E-state index contributed by atoms with van der Waals surface area (Å²) in [6, 6.07) is 3.43.